The molecule has 0 unspecified atom stereocenters. The van der Waals surface area contributed by atoms with Gasteiger partial charge in [0, 0.05) is 5.69 Å². The van der Waals surface area contributed by atoms with E-state index in [-0.39, 0.29) is 16.7 Å². The number of carbonyl (C=O) groups is 1. The van der Waals surface area contributed by atoms with Crippen LogP contribution >= 0.6 is 0 Å². The van der Waals surface area contributed by atoms with Gasteiger partial charge in [-0.1, -0.05) is 13.8 Å². The molecule has 7 heteroatoms. The van der Waals surface area contributed by atoms with Gasteiger partial charge in [0.2, 0.25) is 15.9 Å². The minimum atomic E-state index is -3.46. The highest BCUT2D eigenvalue weighted by molar-refractivity contribution is 7.89. The van der Waals surface area contributed by atoms with Crippen LogP contribution in [0.15, 0.2) is 29.2 Å². The summed E-state index contributed by atoms with van der Waals surface area (Å²) >= 11 is 0. The Hall–Kier alpha value is -1.44. The van der Waals surface area contributed by atoms with Gasteiger partial charge in [0.1, 0.15) is 0 Å². The molecule has 0 radical (unpaired) electrons. The van der Waals surface area contributed by atoms with Crippen molar-refractivity contribution in [1.29, 1.82) is 0 Å². The zero-order valence-electron chi connectivity index (χ0n) is 11.2. The number of rotatable bonds is 5. The van der Waals surface area contributed by atoms with Gasteiger partial charge in [-0.15, -0.1) is 0 Å². The smallest absolute Gasteiger partial charge is 0.241 e. The van der Waals surface area contributed by atoms with Crippen LogP contribution in [0.1, 0.15) is 13.8 Å². The molecule has 1 atom stereocenters. The number of anilines is 1. The third kappa shape index (κ3) is 4.02. The van der Waals surface area contributed by atoms with E-state index in [1.54, 1.807) is 0 Å². The Balaban J connectivity index is 2.81. The Morgan fingerprint density at radius 3 is 2.16 bits per heavy atom. The van der Waals surface area contributed by atoms with Gasteiger partial charge < -0.3 is 11.1 Å². The van der Waals surface area contributed by atoms with Gasteiger partial charge in [0.05, 0.1) is 10.9 Å². The van der Waals surface area contributed by atoms with Crippen molar-refractivity contribution >= 4 is 21.6 Å². The first-order chi connectivity index (χ1) is 8.77. The largest absolute Gasteiger partial charge is 0.325 e. The van der Waals surface area contributed by atoms with Crippen molar-refractivity contribution < 1.29 is 13.2 Å². The Bertz CT molecular complexity index is 538. The van der Waals surface area contributed by atoms with Crippen LogP contribution in [0.3, 0.4) is 0 Å². The zero-order valence-corrected chi connectivity index (χ0v) is 12.0. The predicted octanol–water partition coefficient (Wildman–Crippen LogP) is 0.517. The molecule has 0 saturated heterocycles. The quantitative estimate of drug-likeness (QED) is 0.734. The molecule has 0 saturated carbocycles. The first-order valence-electron chi connectivity index (χ1n) is 5.88. The lowest BCUT2D eigenvalue weighted by Gasteiger charge is -2.15. The summed E-state index contributed by atoms with van der Waals surface area (Å²) in [7, 11) is -2.12. The second-order valence-corrected chi connectivity index (χ2v) is 6.38. The fourth-order valence-corrected chi connectivity index (χ4v) is 2.09. The molecule has 0 aromatic heterocycles. The first-order valence-corrected chi connectivity index (χ1v) is 7.36. The van der Waals surface area contributed by atoms with E-state index in [1.165, 1.54) is 31.3 Å². The number of sulfonamides is 1. The van der Waals surface area contributed by atoms with Gasteiger partial charge in [-0.25, -0.2) is 13.1 Å². The van der Waals surface area contributed by atoms with Crippen LogP contribution in [0.25, 0.3) is 0 Å². The molecule has 1 rings (SSSR count). The molecular weight excluding hydrogens is 266 g/mol. The normalized spacial score (nSPS) is 13.3. The summed E-state index contributed by atoms with van der Waals surface area (Å²) < 4.78 is 25.2. The van der Waals surface area contributed by atoms with Crippen molar-refractivity contribution in [3.63, 3.8) is 0 Å². The van der Waals surface area contributed by atoms with Crippen molar-refractivity contribution in [3.05, 3.63) is 24.3 Å². The van der Waals surface area contributed by atoms with E-state index in [9.17, 15) is 13.2 Å². The van der Waals surface area contributed by atoms with Gasteiger partial charge in [0.25, 0.3) is 0 Å². The average Bonchev–Trinajstić information content (AvgIpc) is 2.38. The van der Waals surface area contributed by atoms with Gasteiger partial charge in [-0.2, -0.15) is 0 Å². The second kappa shape index (κ2) is 6.14. The molecule has 1 aromatic rings. The fraction of sp³-hybridized carbons (Fsp3) is 0.417. The summed E-state index contributed by atoms with van der Waals surface area (Å²) in [4.78, 5) is 11.9. The molecule has 0 spiro atoms. The standard InChI is InChI=1S/C12H19N3O3S/c1-8(2)11(13)12(16)15-9-4-6-10(7-5-9)19(17,18)14-3/h4-8,11,14H,13H2,1-3H3,(H,15,16)/t11-/m0/s1. The lowest BCUT2D eigenvalue weighted by atomic mass is 10.1. The Morgan fingerprint density at radius 1 is 1.21 bits per heavy atom. The highest BCUT2D eigenvalue weighted by Gasteiger charge is 2.17. The van der Waals surface area contributed by atoms with Crippen LogP contribution in [-0.4, -0.2) is 27.4 Å². The minimum absolute atomic E-state index is 0.0314. The van der Waals surface area contributed by atoms with Crippen molar-refractivity contribution in [1.82, 2.24) is 4.72 Å². The number of hydrogen-bond donors (Lipinski definition) is 3. The van der Waals surface area contributed by atoms with Crippen molar-refractivity contribution in [2.24, 2.45) is 11.7 Å². The maximum atomic E-state index is 11.7. The molecule has 0 aliphatic carbocycles. The van der Waals surface area contributed by atoms with Crippen molar-refractivity contribution in [2.45, 2.75) is 24.8 Å². The SMILES string of the molecule is CNS(=O)(=O)c1ccc(NC(=O)[C@@H](N)C(C)C)cc1. The number of nitrogens with one attached hydrogen (secondary N) is 2. The van der Waals surface area contributed by atoms with Crippen LogP contribution in [0.4, 0.5) is 5.69 Å². The third-order valence-electron chi connectivity index (χ3n) is 2.72. The van der Waals surface area contributed by atoms with Crippen LogP contribution < -0.4 is 15.8 Å². The number of amides is 1. The molecule has 6 nitrogen and oxygen atoms in total. The van der Waals surface area contributed by atoms with Crippen LogP contribution in [0, 0.1) is 5.92 Å². The summed E-state index contributed by atoms with van der Waals surface area (Å²) in [5.41, 5.74) is 6.22. The average molecular weight is 285 g/mol. The van der Waals surface area contributed by atoms with Crippen molar-refractivity contribution in [2.75, 3.05) is 12.4 Å². The van der Waals surface area contributed by atoms with Crippen LogP contribution in [-0.2, 0) is 14.8 Å². The molecule has 0 aliphatic rings. The monoisotopic (exact) mass is 285 g/mol. The van der Waals surface area contributed by atoms with E-state index >= 15 is 0 Å². The van der Waals surface area contributed by atoms with Crippen LogP contribution in [0.5, 0.6) is 0 Å². The highest BCUT2D eigenvalue weighted by Crippen LogP contribution is 2.14. The lowest BCUT2D eigenvalue weighted by Crippen LogP contribution is -2.39. The predicted molar refractivity (Wildman–Crippen MR) is 74.1 cm³/mol. The van der Waals surface area contributed by atoms with E-state index in [0.717, 1.165) is 0 Å². The van der Waals surface area contributed by atoms with E-state index < -0.39 is 16.1 Å². The highest BCUT2D eigenvalue weighted by atomic mass is 32.2. The van der Waals surface area contributed by atoms with E-state index in [2.05, 4.69) is 10.0 Å². The van der Waals surface area contributed by atoms with E-state index in [4.69, 9.17) is 5.73 Å². The molecule has 0 bridgehead atoms. The number of nitrogens with two attached hydrogens (primary N) is 1. The second-order valence-electron chi connectivity index (χ2n) is 4.49. The van der Waals surface area contributed by atoms with Gasteiger partial charge >= 0.3 is 0 Å². The molecule has 19 heavy (non-hydrogen) atoms. The van der Waals surface area contributed by atoms with Gasteiger partial charge in [0.15, 0.2) is 0 Å². The molecule has 1 amide bonds. The molecule has 0 heterocycles. The summed E-state index contributed by atoms with van der Waals surface area (Å²) in [6, 6.07) is 5.29. The Kier molecular flexibility index (Phi) is 5.04. The summed E-state index contributed by atoms with van der Waals surface area (Å²) in [6.45, 7) is 3.71. The van der Waals surface area contributed by atoms with Crippen LogP contribution in [0.2, 0.25) is 0 Å². The first kappa shape index (κ1) is 15.6. The lowest BCUT2D eigenvalue weighted by molar-refractivity contribution is -0.118. The van der Waals surface area contributed by atoms with Crippen molar-refractivity contribution in [3.8, 4) is 0 Å². The molecule has 106 valence electrons. The van der Waals surface area contributed by atoms with E-state index in [0.29, 0.717) is 5.69 Å². The zero-order chi connectivity index (χ0) is 14.6. The molecule has 0 aliphatic heterocycles. The summed E-state index contributed by atoms with van der Waals surface area (Å²) in [6.07, 6.45) is 0. The molecular formula is C12H19N3O3S. The maximum absolute atomic E-state index is 11.7. The summed E-state index contributed by atoms with van der Waals surface area (Å²) in [5.74, 6) is -0.261. The van der Waals surface area contributed by atoms with Gasteiger partial charge in [-0.3, -0.25) is 4.79 Å². The number of benzene rings is 1. The molecule has 0 fully saturated rings. The Morgan fingerprint density at radius 2 is 1.74 bits per heavy atom. The maximum Gasteiger partial charge on any atom is 0.241 e. The number of hydrogen-bond acceptors (Lipinski definition) is 4. The number of carbonyl (C=O) groups excluding carboxylic acids is 1. The fourth-order valence-electron chi connectivity index (χ4n) is 1.36. The topological polar surface area (TPSA) is 101 Å². The minimum Gasteiger partial charge on any atom is -0.325 e. The van der Waals surface area contributed by atoms with E-state index in [1.807, 2.05) is 13.8 Å². The third-order valence-corrected chi connectivity index (χ3v) is 4.15. The summed E-state index contributed by atoms with van der Waals surface area (Å²) in [5, 5.41) is 2.64. The molecule has 4 N–H and O–H groups in total. The Labute approximate surface area is 113 Å². The molecule has 1 aromatic carbocycles. The van der Waals surface area contributed by atoms with Gasteiger partial charge in [-0.05, 0) is 37.2 Å².